The van der Waals surface area contributed by atoms with Crippen LogP contribution in [0.25, 0.3) is 0 Å². The molecular weight excluding hydrogens is 396 g/mol. The Hall–Kier alpha value is -0.440. The molecule has 0 aliphatic carbocycles. The quantitative estimate of drug-likeness (QED) is 0.264. The molecule has 0 saturated carbocycles. The summed E-state index contributed by atoms with van der Waals surface area (Å²) in [7, 11) is 5.12. The molecule has 0 amide bonds. The molecule has 0 spiro atoms. The maximum Gasteiger partial charge on any atom is 0.398 e. The first-order valence-electron chi connectivity index (χ1n) is 6.83. The molecule has 0 heterocycles. The average Bonchev–Trinajstić information content (AvgIpc) is 2.57. The fourth-order valence-electron chi connectivity index (χ4n) is 1.26. The van der Waals surface area contributed by atoms with Gasteiger partial charge in [-0.05, 0) is 24.3 Å². The van der Waals surface area contributed by atoms with Gasteiger partial charge in [0.1, 0.15) is 5.75 Å². The highest BCUT2D eigenvalue weighted by Gasteiger charge is 2.27. The molecule has 0 radical (unpaired) electrons. The van der Waals surface area contributed by atoms with E-state index < -0.39 is 11.9 Å². The molecule has 0 unspecified atom stereocenters. The average molecular weight is 413 g/mol. The topological polar surface area (TPSA) is 0 Å². The van der Waals surface area contributed by atoms with Gasteiger partial charge in [-0.25, -0.2) is 0 Å². The van der Waals surface area contributed by atoms with Crippen molar-refractivity contribution in [3.63, 3.8) is 0 Å². The van der Waals surface area contributed by atoms with Crippen LogP contribution in [0.3, 0.4) is 0 Å². The van der Waals surface area contributed by atoms with Gasteiger partial charge < -0.3 is 0 Å². The number of rotatable bonds is 7. The fraction of sp³-hybridized carbons (Fsp3) is 0.250. The lowest BCUT2D eigenvalue weighted by Crippen LogP contribution is -2.09. The largest absolute Gasteiger partial charge is 0.398 e. The SMILES string of the molecule is FC(F)(F)CSSc1ccccc1.FCCSSc1ccccc1. The van der Waals surface area contributed by atoms with Gasteiger partial charge in [-0.15, -0.1) is 0 Å². The third kappa shape index (κ3) is 12.0. The predicted octanol–water partition coefficient (Wildman–Crippen LogP) is 7.39. The zero-order chi connectivity index (χ0) is 17.7. The highest BCUT2D eigenvalue weighted by molar-refractivity contribution is 8.77. The molecule has 2 rings (SSSR count). The van der Waals surface area contributed by atoms with Crippen LogP contribution in [0.15, 0.2) is 70.5 Å². The Bertz CT molecular complexity index is 535. The minimum Gasteiger partial charge on any atom is -0.250 e. The molecule has 132 valence electrons. The van der Waals surface area contributed by atoms with E-state index in [2.05, 4.69) is 0 Å². The van der Waals surface area contributed by atoms with Gasteiger partial charge in [-0.2, -0.15) is 13.2 Å². The van der Waals surface area contributed by atoms with Crippen molar-refractivity contribution in [3.8, 4) is 0 Å². The standard InChI is InChI=1S/C8H7F3S2.C8H9FS2/c9-8(10,11)6-12-13-7-4-2-1-3-5-7;9-6-7-10-11-8-4-2-1-3-5-8/h1-5H,6H2;1-5H,6-7H2. The van der Waals surface area contributed by atoms with Gasteiger partial charge in [-0.1, -0.05) is 79.6 Å². The maximum absolute atomic E-state index is 11.7. The summed E-state index contributed by atoms with van der Waals surface area (Å²) in [5, 5.41) is 0. The van der Waals surface area contributed by atoms with Crippen LogP contribution in [0, 0.1) is 0 Å². The Balaban J connectivity index is 0.000000243. The van der Waals surface area contributed by atoms with E-state index >= 15 is 0 Å². The van der Waals surface area contributed by atoms with Crippen molar-refractivity contribution in [1.29, 1.82) is 0 Å². The molecule has 0 atom stereocenters. The molecular formula is C16H16F4S4. The van der Waals surface area contributed by atoms with Crippen LogP contribution in [0.1, 0.15) is 0 Å². The van der Waals surface area contributed by atoms with Gasteiger partial charge in [0.05, 0.1) is 6.67 Å². The molecule has 0 nitrogen and oxygen atoms in total. The van der Waals surface area contributed by atoms with Crippen molar-refractivity contribution < 1.29 is 17.6 Å². The second kappa shape index (κ2) is 12.9. The van der Waals surface area contributed by atoms with Crippen LogP contribution in [-0.2, 0) is 0 Å². The predicted molar refractivity (Wildman–Crippen MR) is 102 cm³/mol. The van der Waals surface area contributed by atoms with Crippen molar-refractivity contribution in [2.75, 3.05) is 18.2 Å². The molecule has 8 heteroatoms. The highest BCUT2D eigenvalue weighted by Crippen LogP contribution is 2.35. The number of benzene rings is 2. The molecule has 0 saturated heterocycles. The summed E-state index contributed by atoms with van der Waals surface area (Å²) in [6.07, 6.45) is -4.08. The monoisotopic (exact) mass is 412 g/mol. The van der Waals surface area contributed by atoms with Crippen molar-refractivity contribution in [2.24, 2.45) is 0 Å². The zero-order valence-corrected chi connectivity index (χ0v) is 15.8. The minimum absolute atomic E-state index is 0.246. The zero-order valence-electron chi connectivity index (χ0n) is 12.5. The smallest absolute Gasteiger partial charge is 0.250 e. The Morgan fingerprint density at radius 2 is 1.17 bits per heavy atom. The number of hydrogen-bond donors (Lipinski definition) is 0. The van der Waals surface area contributed by atoms with Gasteiger partial charge in [0, 0.05) is 15.5 Å². The Morgan fingerprint density at radius 1 is 0.708 bits per heavy atom. The molecule has 0 aliphatic heterocycles. The lowest BCUT2D eigenvalue weighted by atomic mass is 10.4. The second-order valence-corrected chi connectivity index (χ2v) is 9.04. The summed E-state index contributed by atoms with van der Waals surface area (Å²) in [4.78, 5) is 2.03. The molecule has 0 fully saturated rings. The van der Waals surface area contributed by atoms with E-state index in [1.807, 2.05) is 36.4 Å². The molecule has 2 aromatic carbocycles. The van der Waals surface area contributed by atoms with Crippen molar-refractivity contribution in [2.45, 2.75) is 16.0 Å². The lowest BCUT2D eigenvalue weighted by molar-refractivity contribution is -0.104. The minimum atomic E-state index is -4.08. The highest BCUT2D eigenvalue weighted by atomic mass is 33.1. The summed E-state index contributed by atoms with van der Waals surface area (Å²) in [6.45, 7) is -0.246. The normalized spacial score (nSPS) is 10.8. The van der Waals surface area contributed by atoms with Gasteiger partial charge in [0.15, 0.2) is 0 Å². The van der Waals surface area contributed by atoms with E-state index in [9.17, 15) is 17.6 Å². The van der Waals surface area contributed by atoms with Crippen molar-refractivity contribution in [1.82, 2.24) is 0 Å². The summed E-state index contributed by atoms with van der Waals surface area (Å²) in [6, 6.07) is 19.0. The second-order valence-electron chi connectivity index (χ2n) is 4.18. The van der Waals surface area contributed by atoms with Gasteiger partial charge >= 0.3 is 6.18 Å². The van der Waals surface area contributed by atoms with Crippen molar-refractivity contribution >= 4 is 43.2 Å². The van der Waals surface area contributed by atoms with E-state index in [0.717, 1.165) is 26.5 Å². The maximum atomic E-state index is 11.7. The molecule has 24 heavy (non-hydrogen) atoms. The summed E-state index contributed by atoms with van der Waals surface area (Å²) in [5.41, 5.74) is 0. The Kier molecular flexibility index (Phi) is 11.6. The first-order valence-corrected chi connectivity index (χ1v) is 11.5. The molecule has 2 aromatic rings. The Labute approximate surface area is 155 Å². The third-order valence-corrected chi connectivity index (χ3v) is 6.83. The first-order chi connectivity index (χ1) is 11.5. The van der Waals surface area contributed by atoms with E-state index in [4.69, 9.17) is 0 Å². The van der Waals surface area contributed by atoms with E-state index in [1.165, 1.54) is 4.90 Å². The fourth-order valence-corrected chi connectivity index (χ4v) is 4.90. The molecule has 0 bridgehead atoms. The van der Waals surface area contributed by atoms with Crippen molar-refractivity contribution in [3.05, 3.63) is 60.7 Å². The van der Waals surface area contributed by atoms with Gasteiger partial charge in [-0.3, -0.25) is 4.39 Å². The van der Waals surface area contributed by atoms with Gasteiger partial charge in [0.25, 0.3) is 0 Å². The molecule has 0 aliphatic rings. The number of halogens is 4. The van der Waals surface area contributed by atoms with Crippen LogP contribution in [-0.4, -0.2) is 24.4 Å². The third-order valence-electron chi connectivity index (χ3n) is 2.18. The molecule has 0 N–H and O–H groups in total. The number of alkyl halides is 4. The number of hydrogen-bond acceptors (Lipinski definition) is 4. The van der Waals surface area contributed by atoms with E-state index in [1.54, 1.807) is 45.9 Å². The van der Waals surface area contributed by atoms with Crippen LogP contribution in [0.2, 0.25) is 0 Å². The lowest BCUT2D eigenvalue weighted by Gasteiger charge is -2.04. The van der Waals surface area contributed by atoms with E-state index in [-0.39, 0.29) is 6.67 Å². The van der Waals surface area contributed by atoms with Crippen LogP contribution < -0.4 is 0 Å². The van der Waals surface area contributed by atoms with Crippen LogP contribution >= 0.6 is 43.2 Å². The summed E-state index contributed by atoms with van der Waals surface area (Å²) in [5.74, 6) is -0.244. The summed E-state index contributed by atoms with van der Waals surface area (Å²) < 4.78 is 46.8. The molecule has 0 aromatic heterocycles. The van der Waals surface area contributed by atoms with Crippen LogP contribution in [0.5, 0.6) is 0 Å². The summed E-state index contributed by atoms with van der Waals surface area (Å²) >= 11 is 0. The van der Waals surface area contributed by atoms with Gasteiger partial charge in [0.2, 0.25) is 0 Å². The van der Waals surface area contributed by atoms with E-state index in [0.29, 0.717) is 5.75 Å². The Morgan fingerprint density at radius 3 is 1.58 bits per heavy atom. The van der Waals surface area contributed by atoms with Crippen LogP contribution in [0.4, 0.5) is 17.6 Å². The first kappa shape index (κ1) is 21.6.